The van der Waals surface area contributed by atoms with E-state index in [0.717, 1.165) is 0 Å². The quantitative estimate of drug-likeness (QED) is 0.346. The molecule has 0 aliphatic carbocycles. The Balaban J connectivity index is 2.62. The van der Waals surface area contributed by atoms with Gasteiger partial charge in [0.1, 0.15) is 0 Å². The average Bonchev–Trinajstić information content (AvgIpc) is 2.55. The van der Waals surface area contributed by atoms with E-state index in [2.05, 4.69) is 5.32 Å². The van der Waals surface area contributed by atoms with Crippen LogP contribution in [0.1, 0.15) is 54.9 Å². The van der Waals surface area contributed by atoms with E-state index in [1.165, 1.54) is 0 Å². The van der Waals surface area contributed by atoms with Crippen LogP contribution in [-0.2, 0) is 42.0 Å². The fourth-order valence-corrected chi connectivity index (χ4v) is 3.67. The summed E-state index contributed by atoms with van der Waals surface area (Å²) in [7, 11) is -4.11. The van der Waals surface area contributed by atoms with Crippen LogP contribution in [-0.4, -0.2) is 50.0 Å². The first kappa shape index (κ1) is 25.6. The lowest BCUT2D eigenvalue weighted by Gasteiger charge is -2.39. The van der Waals surface area contributed by atoms with Gasteiger partial charge < -0.3 is 14.8 Å². The zero-order valence-corrected chi connectivity index (χ0v) is 19.0. The van der Waals surface area contributed by atoms with Crippen LogP contribution in [0.4, 0.5) is 0 Å². The van der Waals surface area contributed by atoms with Crippen LogP contribution >= 0.6 is 7.82 Å². The first-order valence-electron chi connectivity index (χ1n) is 9.38. The van der Waals surface area contributed by atoms with Crippen LogP contribution in [0.3, 0.4) is 0 Å². The van der Waals surface area contributed by atoms with Crippen molar-refractivity contribution in [3.63, 3.8) is 0 Å². The molecule has 0 spiro atoms. The third kappa shape index (κ3) is 8.42. The molecular weight excluding hydrogens is 405 g/mol. The summed E-state index contributed by atoms with van der Waals surface area (Å²) in [6, 6.07) is 0. The van der Waals surface area contributed by atoms with Gasteiger partial charge in [-0.25, -0.2) is 9.09 Å². The van der Waals surface area contributed by atoms with Gasteiger partial charge in [-0.15, -0.1) is 0 Å². The Morgan fingerprint density at radius 3 is 2.41 bits per heavy atom. The van der Waals surface area contributed by atoms with Crippen LogP contribution in [0.25, 0.3) is 0 Å². The highest BCUT2D eigenvalue weighted by Crippen LogP contribution is 2.57. The van der Waals surface area contributed by atoms with Crippen LogP contribution in [0.15, 0.2) is 0 Å². The maximum Gasteiger partial charge on any atom is 0.478 e. The molecule has 0 saturated carbocycles. The first-order valence-corrected chi connectivity index (χ1v) is 10.8. The molecule has 0 aromatic rings. The second-order valence-electron chi connectivity index (χ2n) is 8.70. The van der Waals surface area contributed by atoms with Gasteiger partial charge in [-0.3, -0.25) is 23.4 Å². The average molecular weight is 437 g/mol. The Hall–Kier alpha value is -1.48. The van der Waals surface area contributed by atoms with E-state index in [0.29, 0.717) is 0 Å². The van der Waals surface area contributed by atoms with Gasteiger partial charge in [0.05, 0.1) is 24.5 Å². The molecule has 0 aromatic heterocycles. The first-order chi connectivity index (χ1) is 13.2. The number of amides is 1. The van der Waals surface area contributed by atoms with E-state index < -0.39 is 49.4 Å². The number of rotatable bonds is 8. The molecular formula is C18H32NO9P. The highest BCUT2D eigenvalue weighted by atomic mass is 31.2. The number of hydrogen-bond donors (Lipinski definition) is 1. The molecule has 1 N–H and O–H groups in total. The van der Waals surface area contributed by atoms with Gasteiger partial charge in [0, 0.05) is 12.0 Å². The standard InChI is InChI=1S/C18H32NO9P/c1-12(2)27-13(20)8-9-19-15(21)14-18(6,7)10-25-29(23,28-14)26-11-24-16(22)17(3,4)5/h12,14H,8-11H2,1-7H3,(H,19,21)/t14-,29-/m0/s1. The third-order valence-electron chi connectivity index (χ3n) is 3.79. The summed E-state index contributed by atoms with van der Waals surface area (Å²) in [6.45, 7) is 11.2. The maximum atomic E-state index is 12.7. The van der Waals surface area contributed by atoms with Crippen molar-refractivity contribution in [2.24, 2.45) is 10.8 Å². The molecule has 0 radical (unpaired) electrons. The van der Waals surface area contributed by atoms with Crippen molar-refractivity contribution in [1.82, 2.24) is 5.32 Å². The van der Waals surface area contributed by atoms with Crippen LogP contribution < -0.4 is 5.32 Å². The lowest BCUT2D eigenvalue weighted by molar-refractivity contribution is -0.163. The molecule has 1 fully saturated rings. The van der Waals surface area contributed by atoms with Gasteiger partial charge in [0.2, 0.25) is 12.7 Å². The molecule has 2 atom stereocenters. The highest BCUT2D eigenvalue weighted by molar-refractivity contribution is 7.48. The van der Waals surface area contributed by atoms with Gasteiger partial charge in [-0.05, 0) is 34.6 Å². The molecule has 1 rings (SSSR count). The predicted octanol–water partition coefficient (Wildman–Crippen LogP) is 2.56. The van der Waals surface area contributed by atoms with Crippen molar-refractivity contribution >= 4 is 25.7 Å². The lowest BCUT2D eigenvalue weighted by Crippen LogP contribution is -2.50. The van der Waals surface area contributed by atoms with E-state index in [-0.39, 0.29) is 25.7 Å². The molecule has 1 saturated heterocycles. The van der Waals surface area contributed by atoms with Gasteiger partial charge in [0.25, 0.3) is 0 Å². The summed E-state index contributed by atoms with van der Waals surface area (Å²) >= 11 is 0. The maximum absolute atomic E-state index is 12.7. The lowest BCUT2D eigenvalue weighted by atomic mass is 9.87. The summed E-state index contributed by atoms with van der Waals surface area (Å²) in [4.78, 5) is 35.8. The van der Waals surface area contributed by atoms with E-state index in [1.54, 1.807) is 48.5 Å². The Morgan fingerprint density at radius 2 is 1.86 bits per heavy atom. The van der Waals surface area contributed by atoms with Gasteiger partial charge >= 0.3 is 19.8 Å². The number of phosphoric ester groups is 1. The molecule has 0 bridgehead atoms. The number of carbonyl (C=O) groups is 3. The number of ether oxygens (including phenoxy) is 2. The monoisotopic (exact) mass is 437 g/mol. The van der Waals surface area contributed by atoms with Crippen molar-refractivity contribution in [3.05, 3.63) is 0 Å². The largest absolute Gasteiger partial charge is 0.478 e. The number of phosphoric acid groups is 1. The number of hydrogen-bond acceptors (Lipinski definition) is 9. The molecule has 1 aliphatic rings. The minimum Gasteiger partial charge on any atom is -0.463 e. The zero-order chi connectivity index (χ0) is 22.5. The summed E-state index contributed by atoms with van der Waals surface area (Å²) in [5.41, 5.74) is -1.56. The Kier molecular flexibility index (Phi) is 8.83. The smallest absolute Gasteiger partial charge is 0.463 e. The van der Waals surface area contributed by atoms with E-state index in [9.17, 15) is 18.9 Å². The third-order valence-corrected chi connectivity index (χ3v) is 5.12. The molecule has 29 heavy (non-hydrogen) atoms. The van der Waals surface area contributed by atoms with E-state index in [4.69, 9.17) is 23.0 Å². The molecule has 0 unspecified atom stereocenters. The van der Waals surface area contributed by atoms with Crippen molar-refractivity contribution in [1.29, 1.82) is 0 Å². The Morgan fingerprint density at radius 1 is 1.24 bits per heavy atom. The Bertz CT molecular complexity index is 654. The fourth-order valence-electron chi connectivity index (χ4n) is 2.16. The fraction of sp³-hybridized carbons (Fsp3) is 0.833. The van der Waals surface area contributed by atoms with E-state index >= 15 is 0 Å². The van der Waals surface area contributed by atoms with Crippen LogP contribution in [0.2, 0.25) is 0 Å². The summed E-state index contributed by atoms with van der Waals surface area (Å²) < 4.78 is 38.1. The summed E-state index contributed by atoms with van der Waals surface area (Å²) in [5.74, 6) is -1.56. The van der Waals surface area contributed by atoms with Gasteiger partial charge in [-0.2, -0.15) is 0 Å². The molecule has 11 heteroatoms. The van der Waals surface area contributed by atoms with Crippen molar-refractivity contribution in [3.8, 4) is 0 Å². The van der Waals surface area contributed by atoms with Gasteiger partial charge in [0.15, 0.2) is 6.10 Å². The molecule has 168 valence electrons. The number of carbonyl (C=O) groups excluding carboxylic acids is 3. The molecule has 1 aliphatic heterocycles. The topological polar surface area (TPSA) is 126 Å². The minimum absolute atomic E-state index is 0.00944. The summed E-state index contributed by atoms with van der Waals surface area (Å²) in [6.07, 6.45) is -1.40. The molecule has 0 aromatic carbocycles. The second-order valence-corrected chi connectivity index (χ2v) is 10.3. The number of nitrogens with one attached hydrogen (secondary N) is 1. The normalized spacial score (nSPS) is 24.1. The zero-order valence-electron chi connectivity index (χ0n) is 18.1. The second kappa shape index (κ2) is 10.0. The Labute approximate surface area is 171 Å². The van der Waals surface area contributed by atoms with Crippen molar-refractivity contribution in [2.75, 3.05) is 19.9 Å². The van der Waals surface area contributed by atoms with Crippen molar-refractivity contribution in [2.45, 2.75) is 67.1 Å². The van der Waals surface area contributed by atoms with Crippen LogP contribution in [0, 0.1) is 10.8 Å². The van der Waals surface area contributed by atoms with Crippen molar-refractivity contribution < 1.29 is 42.0 Å². The molecule has 1 heterocycles. The van der Waals surface area contributed by atoms with Crippen LogP contribution in [0.5, 0.6) is 0 Å². The van der Waals surface area contributed by atoms with Gasteiger partial charge in [-0.1, -0.05) is 13.8 Å². The molecule has 10 nitrogen and oxygen atoms in total. The highest BCUT2D eigenvalue weighted by Gasteiger charge is 2.49. The predicted molar refractivity (Wildman–Crippen MR) is 103 cm³/mol. The molecule has 1 amide bonds. The summed E-state index contributed by atoms with van der Waals surface area (Å²) in [5, 5.41) is 2.56. The van der Waals surface area contributed by atoms with E-state index in [1.807, 2.05) is 0 Å². The number of esters is 2. The SMILES string of the molecule is CC(C)OC(=O)CCNC(=O)[C@@H]1O[P@](=O)(OCOC(=O)C(C)(C)C)OCC1(C)C. The minimum atomic E-state index is -4.11.